The minimum Gasteiger partial charge on any atom is -0.335 e. The average Bonchev–Trinajstić information content (AvgIpc) is 3.09. The highest BCUT2D eigenvalue weighted by Crippen LogP contribution is 2.34. The highest BCUT2D eigenvalue weighted by Gasteiger charge is 2.34. The molecule has 2 atom stereocenters. The van der Waals surface area contributed by atoms with Crippen LogP contribution in [0.25, 0.3) is 0 Å². The lowest BCUT2D eigenvalue weighted by Crippen LogP contribution is -2.36. The zero-order chi connectivity index (χ0) is 11.7. The third kappa shape index (κ3) is 2.56. The molecule has 1 aromatic heterocycles. The molecule has 1 amide bonds. The molecule has 100 valence electrons. The van der Waals surface area contributed by atoms with Gasteiger partial charge in [-0.15, -0.1) is 12.4 Å². The minimum absolute atomic E-state index is 0. The van der Waals surface area contributed by atoms with Gasteiger partial charge in [-0.2, -0.15) is 11.3 Å². The standard InChI is InChI=1S/C13H18N2OS.ClH/c16-13(10-3-5-14-8-10)15-6-1-2-12(15)11-4-7-17-9-11;/h4,7,9-10,12,14H,1-3,5-6,8H2;1H. The van der Waals surface area contributed by atoms with Crippen LogP contribution in [0.5, 0.6) is 0 Å². The van der Waals surface area contributed by atoms with E-state index in [1.54, 1.807) is 11.3 Å². The van der Waals surface area contributed by atoms with Gasteiger partial charge in [0.2, 0.25) is 5.91 Å². The van der Waals surface area contributed by atoms with Gasteiger partial charge in [0, 0.05) is 13.1 Å². The summed E-state index contributed by atoms with van der Waals surface area (Å²) in [6.07, 6.45) is 3.28. The lowest BCUT2D eigenvalue weighted by Gasteiger charge is -2.26. The van der Waals surface area contributed by atoms with Gasteiger partial charge in [-0.25, -0.2) is 0 Å². The van der Waals surface area contributed by atoms with E-state index in [-0.39, 0.29) is 18.3 Å². The summed E-state index contributed by atoms with van der Waals surface area (Å²) < 4.78 is 0. The Morgan fingerprint density at radius 2 is 2.33 bits per heavy atom. The number of thiophene rings is 1. The van der Waals surface area contributed by atoms with Gasteiger partial charge < -0.3 is 10.2 Å². The van der Waals surface area contributed by atoms with Crippen LogP contribution < -0.4 is 5.32 Å². The van der Waals surface area contributed by atoms with Crippen LogP contribution in [0.1, 0.15) is 30.9 Å². The van der Waals surface area contributed by atoms with E-state index in [2.05, 4.69) is 27.0 Å². The van der Waals surface area contributed by atoms with Gasteiger partial charge >= 0.3 is 0 Å². The van der Waals surface area contributed by atoms with Crippen molar-refractivity contribution < 1.29 is 4.79 Å². The molecule has 1 aromatic rings. The van der Waals surface area contributed by atoms with E-state index in [1.807, 2.05) is 0 Å². The van der Waals surface area contributed by atoms with E-state index in [0.29, 0.717) is 11.9 Å². The maximum Gasteiger partial charge on any atom is 0.227 e. The summed E-state index contributed by atoms with van der Waals surface area (Å²) in [4.78, 5) is 14.6. The minimum atomic E-state index is 0. The molecule has 1 N–H and O–H groups in total. The summed E-state index contributed by atoms with van der Waals surface area (Å²) in [6, 6.07) is 2.50. The predicted octanol–water partition coefficient (Wildman–Crippen LogP) is 2.44. The van der Waals surface area contributed by atoms with E-state index in [4.69, 9.17) is 0 Å². The number of likely N-dealkylation sites (tertiary alicyclic amines) is 1. The number of hydrogen-bond acceptors (Lipinski definition) is 3. The second kappa shape index (κ2) is 6.04. The van der Waals surface area contributed by atoms with E-state index >= 15 is 0 Å². The topological polar surface area (TPSA) is 32.3 Å². The maximum absolute atomic E-state index is 12.4. The summed E-state index contributed by atoms with van der Waals surface area (Å²) in [5, 5.41) is 7.57. The number of rotatable bonds is 2. The molecule has 3 nitrogen and oxygen atoms in total. The molecular formula is C13H19ClN2OS. The summed E-state index contributed by atoms with van der Waals surface area (Å²) >= 11 is 1.72. The first-order valence-corrected chi connectivity index (χ1v) is 7.34. The molecule has 3 rings (SSSR count). The van der Waals surface area contributed by atoms with Gasteiger partial charge in [-0.05, 0) is 48.2 Å². The van der Waals surface area contributed by atoms with Crippen molar-refractivity contribution in [2.45, 2.75) is 25.3 Å². The highest BCUT2D eigenvalue weighted by atomic mass is 35.5. The number of carbonyl (C=O) groups is 1. The van der Waals surface area contributed by atoms with E-state index in [9.17, 15) is 4.79 Å². The number of carbonyl (C=O) groups excluding carboxylic acids is 1. The molecule has 0 saturated carbocycles. The fraction of sp³-hybridized carbons (Fsp3) is 0.615. The predicted molar refractivity (Wildman–Crippen MR) is 76.2 cm³/mol. The van der Waals surface area contributed by atoms with Gasteiger partial charge in [-0.3, -0.25) is 4.79 Å². The van der Waals surface area contributed by atoms with Crippen molar-refractivity contribution in [3.05, 3.63) is 22.4 Å². The first kappa shape index (κ1) is 13.8. The second-order valence-corrected chi connectivity index (χ2v) is 5.72. The quantitative estimate of drug-likeness (QED) is 0.906. The van der Waals surface area contributed by atoms with Crippen molar-refractivity contribution in [1.82, 2.24) is 10.2 Å². The molecule has 0 aromatic carbocycles. The lowest BCUT2D eigenvalue weighted by atomic mass is 10.0. The molecule has 2 aliphatic rings. The van der Waals surface area contributed by atoms with Crippen molar-refractivity contribution in [3.8, 4) is 0 Å². The number of hydrogen-bond donors (Lipinski definition) is 1. The summed E-state index contributed by atoms with van der Waals surface area (Å²) in [5.41, 5.74) is 1.33. The normalized spacial score (nSPS) is 27.2. The monoisotopic (exact) mass is 286 g/mol. The Kier molecular flexibility index (Phi) is 4.65. The number of halogens is 1. The van der Waals surface area contributed by atoms with Crippen LogP contribution in [0.15, 0.2) is 16.8 Å². The van der Waals surface area contributed by atoms with Crippen molar-refractivity contribution in [2.24, 2.45) is 5.92 Å². The lowest BCUT2D eigenvalue weighted by molar-refractivity contribution is -0.135. The Hall–Kier alpha value is -0.580. The van der Waals surface area contributed by atoms with Crippen LogP contribution in [-0.4, -0.2) is 30.4 Å². The molecule has 0 spiro atoms. The van der Waals surface area contributed by atoms with Gasteiger partial charge in [0.1, 0.15) is 0 Å². The Balaban J connectivity index is 0.00000120. The van der Waals surface area contributed by atoms with Crippen LogP contribution in [-0.2, 0) is 4.79 Å². The van der Waals surface area contributed by atoms with Gasteiger partial charge in [0.25, 0.3) is 0 Å². The molecule has 2 saturated heterocycles. The Morgan fingerprint density at radius 3 is 3.00 bits per heavy atom. The molecule has 0 radical (unpaired) electrons. The summed E-state index contributed by atoms with van der Waals surface area (Å²) in [5.74, 6) is 0.581. The smallest absolute Gasteiger partial charge is 0.227 e. The van der Waals surface area contributed by atoms with Gasteiger partial charge in [-0.1, -0.05) is 0 Å². The molecule has 0 aliphatic carbocycles. The van der Waals surface area contributed by atoms with Crippen molar-refractivity contribution in [2.75, 3.05) is 19.6 Å². The van der Waals surface area contributed by atoms with Crippen molar-refractivity contribution in [3.63, 3.8) is 0 Å². The van der Waals surface area contributed by atoms with E-state index in [0.717, 1.165) is 38.9 Å². The molecule has 5 heteroatoms. The third-order valence-corrected chi connectivity index (χ3v) is 4.57. The zero-order valence-corrected chi connectivity index (χ0v) is 11.9. The van der Waals surface area contributed by atoms with E-state index < -0.39 is 0 Å². The first-order valence-electron chi connectivity index (χ1n) is 6.39. The van der Waals surface area contributed by atoms with Crippen LogP contribution in [0, 0.1) is 5.92 Å². The Labute approximate surface area is 118 Å². The number of amides is 1. The largest absolute Gasteiger partial charge is 0.335 e. The summed E-state index contributed by atoms with van der Waals surface area (Å²) in [6.45, 7) is 2.80. The SMILES string of the molecule is Cl.O=C(C1CCNC1)N1CCCC1c1ccsc1. The fourth-order valence-corrected chi connectivity index (χ4v) is 3.65. The molecular weight excluding hydrogens is 268 g/mol. The third-order valence-electron chi connectivity index (χ3n) is 3.87. The Morgan fingerprint density at radius 1 is 1.44 bits per heavy atom. The van der Waals surface area contributed by atoms with Crippen LogP contribution in [0.2, 0.25) is 0 Å². The van der Waals surface area contributed by atoms with Crippen LogP contribution in [0.3, 0.4) is 0 Å². The highest BCUT2D eigenvalue weighted by molar-refractivity contribution is 7.07. The van der Waals surface area contributed by atoms with Gasteiger partial charge in [0.15, 0.2) is 0 Å². The maximum atomic E-state index is 12.4. The van der Waals surface area contributed by atoms with Crippen LogP contribution in [0.4, 0.5) is 0 Å². The summed E-state index contributed by atoms with van der Waals surface area (Å²) in [7, 11) is 0. The molecule has 3 heterocycles. The number of nitrogens with zero attached hydrogens (tertiary/aromatic N) is 1. The molecule has 18 heavy (non-hydrogen) atoms. The zero-order valence-electron chi connectivity index (χ0n) is 10.3. The van der Waals surface area contributed by atoms with Crippen LogP contribution >= 0.6 is 23.7 Å². The molecule has 0 bridgehead atoms. The van der Waals surface area contributed by atoms with Crippen molar-refractivity contribution in [1.29, 1.82) is 0 Å². The molecule has 2 unspecified atom stereocenters. The average molecular weight is 287 g/mol. The molecule has 2 aliphatic heterocycles. The fourth-order valence-electron chi connectivity index (χ4n) is 2.94. The second-order valence-electron chi connectivity index (χ2n) is 4.94. The Bertz CT molecular complexity index is 390. The molecule has 2 fully saturated rings. The first-order chi connectivity index (χ1) is 8.36. The van der Waals surface area contributed by atoms with E-state index in [1.165, 1.54) is 5.56 Å². The van der Waals surface area contributed by atoms with Crippen molar-refractivity contribution >= 4 is 29.7 Å². The number of nitrogens with one attached hydrogen (secondary N) is 1. The van der Waals surface area contributed by atoms with Gasteiger partial charge in [0.05, 0.1) is 12.0 Å².